The first-order valence-corrected chi connectivity index (χ1v) is 5.15. The predicted molar refractivity (Wildman–Crippen MR) is 61.0 cm³/mol. The molecule has 0 aliphatic heterocycles. The van der Waals surface area contributed by atoms with Crippen molar-refractivity contribution in [2.75, 3.05) is 26.1 Å². The number of halogens is 2. The van der Waals surface area contributed by atoms with Gasteiger partial charge in [-0.2, -0.15) is 0 Å². The van der Waals surface area contributed by atoms with E-state index in [1.54, 1.807) is 0 Å². The topological polar surface area (TPSA) is 84.6 Å². The quantitative estimate of drug-likeness (QED) is 0.664. The van der Waals surface area contributed by atoms with Gasteiger partial charge >= 0.3 is 0 Å². The van der Waals surface area contributed by atoms with E-state index in [1.807, 2.05) is 0 Å². The largest absolute Gasteiger partial charge is 0.396 e. The maximum atomic E-state index is 13.5. The molecule has 1 aromatic carbocycles. The van der Waals surface area contributed by atoms with Crippen LogP contribution in [0, 0.1) is 11.6 Å². The molecule has 4 N–H and O–H groups in total. The van der Waals surface area contributed by atoms with Crippen molar-refractivity contribution < 1.29 is 23.4 Å². The Hall–Kier alpha value is -1.73. The van der Waals surface area contributed by atoms with Crippen LogP contribution in [0.15, 0.2) is 12.1 Å². The normalized spacial score (nSPS) is 12.2. The number of aliphatic hydroxyl groups excluding tert-OH is 1. The Bertz CT molecular complexity index is 441. The molecule has 1 unspecified atom stereocenters. The molecular weight excluding hydrogens is 246 g/mol. The first kappa shape index (κ1) is 14.3. The van der Waals surface area contributed by atoms with Gasteiger partial charge in [-0.15, -0.1) is 0 Å². The highest BCUT2D eigenvalue weighted by molar-refractivity contribution is 5.95. The maximum Gasteiger partial charge on any atom is 0.257 e. The molecule has 0 heterocycles. The number of nitrogens with two attached hydrogens (primary N) is 1. The molecule has 5 nitrogen and oxygen atoms in total. The molecule has 0 radical (unpaired) electrons. The fraction of sp³-hybridized carbons (Fsp3) is 0.364. The summed E-state index contributed by atoms with van der Waals surface area (Å²) in [7, 11) is 1.37. The van der Waals surface area contributed by atoms with Crippen molar-refractivity contribution in [1.82, 2.24) is 5.32 Å². The predicted octanol–water partition coefficient (Wildman–Crippen LogP) is 0.284. The average molecular weight is 260 g/mol. The number of hydrogen-bond acceptors (Lipinski definition) is 4. The van der Waals surface area contributed by atoms with Crippen molar-refractivity contribution in [3.8, 4) is 0 Å². The highest BCUT2D eigenvalue weighted by Crippen LogP contribution is 2.18. The van der Waals surface area contributed by atoms with E-state index in [4.69, 9.17) is 15.6 Å². The third kappa shape index (κ3) is 3.14. The molecule has 1 atom stereocenters. The number of nitrogens with one attached hydrogen (secondary N) is 1. The lowest BCUT2D eigenvalue weighted by molar-refractivity contribution is 0.0832. The maximum absolute atomic E-state index is 13.5. The van der Waals surface area contributed by atoms with E-state index in [-0.39, 0.29) is 12.3 Å². The molecule has 0 spiro atoms. The molecule has 1 aromatic rings. The Kier molecular flexibility index (Phi) is 4.99. The molecule has 1 amide bonds. The number of aliphatic hydroxyl groups is 1. The SMILES string of the molecule is COCC(CO)NC(=O)c1c(F)ccc(N)c1F. The van der Waals surface area contributed by atoms with E-state index >= 15 is 0 Å². The van der Waals surface area contributed by atoms with Crippen LogP contribution in [0.5, 0.6) is 0 Å². The zero-order valence-corrected chi connectivity index (χ0v) is 9.74. The minimum atomic E-state index is -1.12. The molecule has 18 heavy (non-hydrogen) atoms. The summed E-state index contributed by atoms with van der Waals surface area (Å²) in [6, 6.07) is 1.18. The van der Waals surface area contributed by atoms with E-state index in [0.717, 1.165) is 12.1 Å². The van der Waals surface area contributed by atoms with Crippen molar-refractivity contribution in [2.45, 2.75) is 6.04 Å². The Morgan fingerprint density at radius 1 is 1.56 bits per heavy atom. The summed E-state index contributed by atoms with van der Waals surface area (Å²) < 4.78 is 31.6. The highest BCUT2D eigenvalue weighted by Gasteiger charge is 2.21. The van der Waals surface area contributed by atoms with Gasteiger partial charge in [0.1, 0.15) is 11.4 Å². The number of hydrogen-bond donors (Lipinski definition) is 3. The Morgan fingerprint density at radius 3 is 2.78 bits per heavy atom. The summed E-state index contributed by atoms with van der Waals surface area (Å²) in [4.78, 5) is 11.7. The zero-order valence-electron chi connectivity index (χ0n) is 9.74. The van der Waals surface area contributed by atoms with Crippen molar-refractivity contribution in [3.05, 3.63) is 29.3 Å². The summed E-state index contributed by atoms with van der Waals surface area (Å²) in [6.45, 7) is -0.390. The summed E-state index contributed by atoms with van der Waals surface area (Å²) in [5, 5.41) is 11.2. The molecule has 0 aromatic heterocycles. The van der Waals surface area contributed by atoms with Gasteiger partial charge in [0, 0.05) is 7.11 Å². The Morgan fingerprint density at radius 2 is 2.22 bits per heavy atom. The molecule has 100 valence electrons. The summed E-state index contributed by atoms with van der Waals surface area (Å²) in [5.41, 5.74) is 4.15. The van der Waals surface area contributed by atoms with E-state index in [9.17, 15) is 13.6 Å². The van der Waals surface area contributed by atoms with Gasteiger partial charge in [0.15, 0.2) is 5.82 Å². The van der Waals surface area contributed by atoms with Crippen LogP contribution in [0.3, 0.4) is 0 Å². The molecule has 1 rings (SSSR count). The average Bonchev–Trinajstić information content (AvgIpc) is 2.34. The van der Waals surface area contributed by atoms with E-state index < -0.39 is 35.8 Å². The number of carbonyl (C=O) groups is 1. The van der Waals surface area contributed by atoms with Gasteiger partial charge in [-0.1, -0.05) is 0 Å². The fourth-order valence-corrected chi connectivity index (χ4v) is 1.38. The number of nitrogen functional groups attached to an aromatic ring is 1. The second-order valence-electron chi connectivity index (χ2n) is 3.63. The minimum absolute atomic E-state index is 0.0216. The van der Waals surface area contributed by atoms with Gasteiger partial charge in [-0.05, 0) is 12.1 Å². The van der Waals surface area contributed by atoms with Crippen LogP contribution in [0.1, 0.15) is 10.4 Å². The van der Waals surface area contributed by atoms with Crippen LogP contribution in [-0.4, -0.2) is 37.4 Å². The first-order chi connectivity index (χ1) is 8.51. The lowest BCUT2D eigenvalue weighted by Gasteiger charge is -2.16. The number of amides is 1. The molecular formula is C11H14F2N2O3. The second kappa shape index (κ2) is 6.27. The number of methoxy groups -OCH3 is 1. The summed E-state index contributed by atoms with van der Waals surface area (Å²) in [5.74, 6) is -3.14. The van der Waals surface area contributed by atoms with Crippen LogP contribution in [0.4, 0.5) is 14.5 Å². The summed E-state index contributed by atoms with van der Waals surface area (Å²) >= 11 is 0. The third-order valence-corrected chi connectivity index (χ3v) is 2.27. The number of benzene rings is 1. The number of ether oxygens (including phenoxy) is 1. The lowest BCUT2D eigenvalue weighted by atomic mass is 10.1. The lowest BCUT2D eigenvalue weighted by Crippen LogP contribution is -2.41. The third-order valence-electron chi connectivity index (χ3n) is 2.27. The van der Waals surface area contributed by atoms with Gasteiger partial charge in [0.2, 0.25) is 0 Å². The van der Waals surface area contributed by atoms with Crippen LogP contribution in [0.25, 0.3) is 0 Å². The molecule has 0 saturated heterocycles. The van der Waals surface area contributed by atoms with Gasteiger partial charge in [0.05, 0.1) is 24.9 Å². The number of carbonyl (C=O) groups excluding carboxylic acids is 1. The Balaban J connectivity index is 2.93. The van der Waals surface area contributed by atoms with E-state index in [1.165, 1.54) is 7.11 Å². The van der Waals surface area contributed by atoms with Crippen molar-refractivity contribution in [2.24, 2.45) is 0 Å². The highest BCUT2D eigenvalue weighted by atomic mass is 19.1. The molecule has 0 bridgehead atoms. The molecule has 0 saturated carbocycles. The molecule has 0 aliphatic rings. The number of anilines is 1. The fourth-order valence-electron chi connectivity index (χ4n) is 1.38. The Labute approximate surface area is 103 Å². The van der Waals surface area contributed by atoms with Crippen LogP contribution in [-0.2, 0) is 4.74 Å². The summed E-state index contributed by atoms with van der Waals surface area (Å²) in [6.07, 6.45) is 0. The van der Waals surface area contributed by atoms with E-state index in [2.05, 4.69) is 5.32 Å². The molecule has 0 aliphatic carbocycles. The van der Waals surface area contributed by atoms with Gasteiger partial charge < -0.3 is 20.9 Å². The van der Waals surface area contributed by atoms with Gasteiger partial charge in [0.25, 0.3) is 5.91 Å². The van der Waals surface area contributed by atoms with Crippen molar-refractivity contribution >= 4 is 11.6 Å². The van der Waals surface area contributed by atoms with Gasteiger partial charge in [-0.3, -0.25) is 4.79 Å². The molecule has 0 fully saturated rings. The van der Waals surface area contributed by atoms with Crippen molar-refractivity contribution in [3.63, 3.8) is 0 Å². The minimum Gasteiger partial charge on any atom is -0.396 e. The smallest absolute Gasteiger partial charge is 0.257 e. The number of rotatable bonds is 5. The van der Waals surface area contributed by atoms with Crippen LogP contribution < -0.4 is 11.1 Å². The monoisotopic (exact) mass is 260 g/mol. The standard InChI is InChI=1S/C11H14F2N2O3/c1-18-5-6(4-16)15-11(17)9-7(12)2-3-8(14)10(9)13/h2-3,6,16H,4-5,14H2,1H3,(H,15,17). The first-order valence-electron chi connectivity index (χ1n) is 5.15. The molecule has 7 heteroatoms. The van der Waals surface area contributed by atoms with Crippen molar-refractivity contribution in [1.29, 1.82) is 0 Å². The zero-order chi connectivity index (χ0) is 13.7. The van der Waals surface area contributed by atoms with Crippen LogP contribution in [0.2, 0.25) is 0 Å². The van der Waals surface area contributed by atoms with Gasteiger partial charge in [-0.25, -0.2) is 8.78 Å². The second-order valence-corrected chi connectivity index (χ2v) is 3.63. The van der Waals surface area contributed by atoms with Crippen LogP contribution >= 0.6 is 0 Å². The van der Waals surface area contributed by atoms with E-state index in [0.29, 0.717) is 0 Å².